The lowest BCUT2D eigenvalue weighted by Gasteiger charge is -2.17. The van der Waals surface area contributed by atoms with Gasteiger partial charge in [0.05, 0.1) is 5.02 Å². The van der Waals surface area contributed by atoms with Crippen molar-refractivity contribution in [1.29, 1.82) is 0 Å². The number of nitrogen functional groups attached to an aromatic ring is 1. The molecule has 7 heteroatoms. The lowest BCUT2D eigenvalue weighted by Crippen LogP contribution is -2.28. The second-order valence-corrected chi connectivity index (χ2v) is 6.28. The van der Waals surface area contributed by atoms with E-state index in [4.69, 9.17) is 22.1 Å². The number of rotatable bonds is 6. The molecule has 5 nitrogen and oxygen atoms in total. The Morgan fingerprint density at radius 1 is 1.44 bits per heavy atom. The van der Waals surface area contributed by atoms with Gasteiger partial charge in [0.15, 0.2) is 0 Å². The molecule has 0 atom stereocenters. The van der Waals surface area contributed by atoms with E-state index in [2.05, 4.69) is 0 Å². The molecule has 1 aromatic carbocycles. The van der Waals surface area contributed by atoms with Crippen LogP contribution in [0.5, 0.6) is 0 Å². The largest absolute Gasteiger partial charge is 0.399 e. The van der Waals surface area contributed by atoms with E-state index in [1.165, 1.54) is 29.6 Å². The quantitative estimate of drug-likeness (QED) is 0.638. The molecule has 1 rings (SSSR count). The molecule has 0 saturated heterocycles. The maximum absolute atomic E-state index is 12.2. The van der Waals surface area contributed by atoms with E-state index in [1.807, 2.05) is 0 Å². The van der Waals surface area contributed by atoms with Crippen LogP contribution in [0.1, 0.15) is 6.42 Å². The lowest BCUT2D eigenvalue weighted by molar-refractivity contribution is 0.189. The first kappa shape index (κ1) is 15.2. The van der Waals surface area contributed by atoms with Crippen LogP contribution in [0.2, 0.25) is 5.02 Å². The fourth-order valence-electron chi connectivity index (χ4n) is 1.45. The highest BCUT2D eigenvalue weighted by Crippen LogP contribution is 2.25. The first-order chi connectivity index (χ1) is 8.39. The number of methoxy groups -OCH3 is 1. The smallest absolute Gasteiger partial charge is 0.244 e. The number of nitrogens with two attached hydrogens (primary N) is 1. The number of hydrogen-bond acceptors (Lipinski definition) is 4. The molecule has 0 fully saturated rings. The van der Waals surface area contributed by atoms with Crippen molar-refractivity contribution < 1.29 is 13.2 Å². The molecule has 102 valence electrons. The summed E-state index contributed by atoms with van der Waals surface area (Å²) in [6.45, 7) is 0.881. The summed E-state index contributed by atoms with van der Waals surface area (Å²) in [5.41, 5.74) is 5.97. The molecule has 2 N–H and O–H groups in total. The minimum Gasteiger partial charge on any atom is -0.399 e. The van der Waals surface area contributed by atoms with Gasteiger partial charge in [0.2, 0.25) is 10.0 Å². The molecular formula is C11H17ClN2O3S. The van der Waals surface area contributed by atoms with E-state index in [-0.39, 0.29) is 9.92 Å². The highest BCUT2D eigenvalue weighted by molar-refractivity contribution is 7.89. The van der Waals surface area contributed by atoms with Crippen LogP contribution in [0.4, 0.5) is 5.69 Å². The second kappa shape index (κ2) is 6.38. The molecule has 0 saturated carbocycles. The van der Waals surface area contributed by atoms with Crippen LogP contribution in [-0.2, 0) is 14.8 Å². The van der Waals surface area contributed by atoms with E-state index >= 15 is 0 Å². The summed E-state index contributed by atoms with van der Waals surface area (Å²) in [5, 5.41) is 0.133. The number of hydrogen-bond donors (Lipinski definition) is 1. The molecule has 0 spiro atoms. The fourth-order valence-corrected chi connectivity index (χ4v) is 3.18. The van der Waals surface area contributed by atoms with Gasteiger partial charge in [0.1, 0.15) is 4.90 Å². The Balaban J connectivity index is 2.91. The van der Waals surface area contributed by atoms with Gasteiger partial charge < -0.3 is 10.5 Å². The number of benzene rings is 1. The first-order valence-electron chi connectivity index (χ1n) is 5.40. The third kappa shape index (κ3) is 3.58. The molecule has 0 aliphatic heterocycles. The summed E-state index contributed by atoms with van der Waals surface area (Å²) in [7, 11) is -0.490. The van der Waals surface area contributed by atoms with Crippen molar-refractivity contribution in [3.05, 3.63) is 23.2 Å². The molecule has 1 aromatic rings. The zero-order valence-corrected chi connectivity index (χ0v) is 12.0. The fraction of sp³-hybridized carbons (Fsp3) is 0.455. The van der Waals surface area contributed by atoms with Gasteiger partial charge >= 0.3 is 0 Å². The Kier molecular flexibility index (Phi) is 5.40. The molecule has 0 unspecified atom stereocenters. The molecule has 18 heavy (non-hydrogen) atoms. The van der Waals surface area contributed by atoms with Crippen molar-refractivity contribution >= 4 is 27.3 Å². The minimum absolute atomic E-state index is 0.0679. The van der Waals surface area contributed by atoms with Crippen LogP contribution >= 0.6 is 11.6 Å². The van der Waals surface area contributed by atoms with Gasteiger partial charge in [0, 0.05) is 33.0 Å². The number of ether oxygens (including phenoxy) is 1. The summed E-state index contributed by atoms with van der Waals surface area (Å²) in [6.07, 6.45) is 0.624. The van der Waals surface area contributed by atoms with E-state index in [9.17, 15) is 8.42 Å². The normalized spacial score (nSPS) is 12.0. The molecule has 0 amide bonds. The number of anilines is 1. The Bertz CT molecular complexity index is 505. The standard InChI is InChI=1S/C11H17ClN2O3S/c1-14(6-3-7-17-2)18(15,16)11-5-4-9(13)8-10(11)12/h4-5,8H,3,6-7,13H2,1-2H3. The van der Waals surface area contributed by atoms with Gasteiger partial charge in [-0.1, -0.05) is 11.6 Å². The van der Waals surface area contributed by atoms with E-state index in [1.54, 1.807) is 7.11 Å². The Hall–Kier alpha value is -0.820. The third-order valence-corrected chi connectivity index (χ3v) is 4.81. The van der Waals surface area contributed by atoms with Crippen molar-refractivity contribution in [2.75, 3.05) is 33.0 Å². The SMILES string of the molecule is COCCCN(C)S(=O)(=O)c1ccc(N)cc1Cl. The van der Waals surface area contributed by atoms with Gasteiger partial charge in [-0.05, 0) is 24.6 Å². The van der Waals surface area contributed by atoms with Gasteiger partial charge in [0.25, 0.3) is 0 Å². The highest BCUT2D eigenvalue weighted by atomic mass is 35.5. The average Bonchev–Trinajstić information content (AvgIpc) is 2.28. The average molecular weight is 293 g/mol. The van der Waals surface area contributed by atoms with Crippen molar-refractivity contribution in [2.45, 2.75) is 11.3 Å². The van der Waals surface area contributed by atoms with Crippen molar-refractivity contribution in [1.82, 2.24) is 4.31 Å². The summed E-state index contributed by atoms with van der Waals surface area (Å²) in [5.74, 6) is 0. The zero-order valence-electron chi connectivity index (χ0n) is 10.4. The van der Waals surface area contributed by atoms with Crippen molar-refractivity contribution in [3.63, 3.8) is 0 Å². The molecule has 0 aromatic heterocycles. The maximum Gasteiger partial charge on any atom is 0.244 e. The van der Waals surface area contributed by atoms with Gasteiger partial charge in [-0.15, -0.1) is 0 Å². The van der Waals surface area contributed by atoms with E-state index < -0.39 is 10.0 Å². The molecular weight excluding hydrogens is 276 g/mol. The molecule has 0 aliphatic carbocycles. The van der Waals surface area contributed by atoms with Gasteiger partial charge in [-0.25, -0.2) is 12.7 Å². The van der Waals surface area contributed by atoms with Crippen LogP contribution in [0.3, 0.4) is 0 Å². The van der Waals surface area contributed by atoms with Crippen molar-refractivity contribution in [2.24, 2.45) is 0 Å². The second-order valence-electron chi connectivity index (χ2n) is 3.86. The topological polar surface area (TPSA) is 72.6 Å². The summed E-state index contributed by atoms with van der Waals surface area (Å²) < 4.78 is 30.6. The van der Waals surface area contributed by atoms with E-state index in [0.717, 1.165) is 0 Å². The number of nitrogens with zero attached hydrogens (tertiary/aromatic N) is 1. The third-order valence-electron chi connectivity index (χ3n) is 2.47. The number of halogens is 1. The zero-order chi connectivity index (χ0) is 13.8. The summed E-state index contributed by atoms with van der Waals surface area (Å²) in [4.78, 5) is 0.0679. The molecule has 0 heterocycles. The maximum atomic E-state index is 12.2. The lowest BCUT2D eigenvalue weighted by atomic mass is 10.3. The first-order valence-corrected chi connectivity index (χ1v) is 7.21. The molecule has 0 bridgehead atoms. The van der Waals surface area contributed by atoms with E-state index in [0.29, 0.717) is 25.3 Å². The predicted molar refractivity (Wildman–Crippen MR) is 72.2 cm³/mol. The van der Waals surface area contributed by atoms with Crippen LogP contribution in [0.25, 0.3) is 0 Å². The Morgan fingerprint density at radius 3 is 2.67 bits per heavy atom. The minimum atomic E-state index is -3.58. The van der Waals surface area contributed by atoms with Gasteiger partial charge in [-0.2, -0.15) is 0 Å². The highest BCUT2D eigenvalue weighted by Gasteiger charge is 2.23. The van der Waals surface area contributed by atoms with Crippen LogP contribution in [-0.4, -0.2) is 40.0 Å². The monoisotopic (exact) mass is 292 g/mol. The van der Waals surface area contributed by atoms with Crippen LogP contribution < -0.4 is 5.73 Å². The van der Waals surface area contributed by atoms with Gasteiger partial charge in [-0.3, -0.25) is 0 Å². The predicted octanol–water partition coefficient (Wildman–Crippen LogP) is 1.58. The van der Waals surface area contributed by atoms with Crippen LogP contribution in [0.15, 0.2) is 23.1 Å². The summed E-state index contributed by atoms with van der Waals surface area (Å²) >= 11 is 5.91. The van der Waals surface area contributed by atoms with Crippen LogP contribution in [0, 0.1) is 0 Å². The molecule has 0 radical (unpaired) electrons. The van der Waals surface area contributed by atoms with Crippen molar-refractivity contribution in [3.8, 4) is 0 Å². The molecule has 0 aliphatic rings. The summed E-state index contributed by atoms with van der Waals surface area (Å²) in [6, 6.07) is 4.36. The Labute approximate surface area is 113 Å². The Morgan fingerprint density at radius 2 is 2.11 bits per heavy atom. The number of sulfonamides is 1.